The molecular weight excluding hydrogens is 593 g/mol. The van der Waals surface area contributed by atoms with E-state index in [0.29, 0.717) is 28.5 Å². The second-order valence-electron chi connectivity index (χ2n) is 9.76. The molecule has 0 spiro atoms. The van der Waals surface area contributed by atoms with Crippen molar-refractivity contribution in [3.05, 3.63) is 87.5 Å². The minimum absolute atomic E-state index is 0.0689. The van der Waals surface area contributed by atoms with Crippen LogP contribution in [0, 0.1) is 19.8 Å². The van der Waals surface area contributed by atoms with Gasteiger partial charge in [0.1, 0.15) is 5.75 Å². The fraction of sp³-hybridized carbons (Fsp3) is 0.333. The quantitative estimate of drug-likeness (QED) is 0.198. The molecule has 1 unspecified atom stereocenters. The van der Waals surface area contributed by atoms with Gasteiger partial charge in [0.15, 0.2) is 0 Å². The Morgan fingerprint density at radius 1 is 1.13 bits per heavy atom. The highest BCUT2D eigenvalue weighted by Gasteiger charge is 2.29. The van der Waals surface area contributed by atoms with Gasteiger partial charge in [0, 0.05) is 30.0 Å². The number of aryl methyl sites for hydroxylation is 1. The van der Waals surface area contributed by atoms with Crippen molar-refractivity contribution in [3.8, 4) is 16.9 Å². The van der Waals surface area contributed by atoms with Crippen LogP contribution in [0.15, 0.2) is 59.4 Å². The van der Waals surface area contributed by atoms with Crippen LogP contribution >= 0.6 is 22.6 Å². The molecule has 198 valence electrons. The number of rotatable bonds is 7. The summed E-state index contributed by atoms with van der Waals surface area (Å²) in [6, 6.07) is 18.3. The average Bonchev–Trinajstić information content (AvgIpc) is 3.23. The van der Waals surface area contributed by atoms with Crippen molar-refractivity contribution in [2.24, 2.45) is 5.92 Å². The molecule has 0 aliphatic carbocycles. The Hall–Kier alpha value is -3.11. The largest absolute Gasteiger partial charge is 0.496 e. The maximum Gasteiger partial charge on any atom is 0.256 e. The van der Waals surface area contributed by atoms with Crippen LogP contribution in [0.2, 0.25) is 0 Å². The summed E-state index contributed by atoms with van der Waals surface area (Å²) in [5.74, 6) is 0.701. The number of benzene rings is 2. The Kier molecular flexibility index (Phi) is 7.90. The van der Waals surface area contributed by atoms with Gasteiger partial charge in [0.2, 0.25) is 0 Å². The summed E-state index contributed by atoms with van der Waals surface area (Å²) in [6.45, 7) is 5.41. The Balaban J connectivity index is 1.56. The number of alkyl halides is 1. The molecule has 1 aliphatic rings. The highest BCUT2D eigenvalue weighted by atomic mass is 127. The molecule has 7 nitrogen and oxygen atoms in total. The number of carbonyl (C=O) groups is 1. The topological polar surface area (TPSA) is 85.4 Å². The number of hydrogen-bond donors (Lipinski definition) is 2. The van der Waals surface area contributed by atoms with E-state index in [1.807, 2.05) is 31.2 Å². The summed E-state index contributed by atoms with van der Waals surface area (Å²) < 4.78 is 13.5. The first kappa shape index (κ1) is 26.5. The van der Waals surface area contributed by atoms with Crippen LogP contribution in [-0.2, 0) is 11.3 Å². The number of carbonyl (C=O) groups excluding carboxylic acids is 1. The van der Waals surface area contributed by atoms with Crippen molar-refractivity contribution < 1.29 is 14.3 Å². The predicted molar refractivity (Wildman–Crippen MR) is 158 cm³/mol. The zero-order valence-corrected chi connectivity index (χ0v) is 24.0. The molecular formula is C30H32IN3O4. The molecule has 1 atom stereocenters. The van der Waals surface area contributed by atoms with Gasteiger partial charge in [-0.25, -0.2) is 0 Å². The van der Waals surface area contributed by atoms with Gasteiger partial charge in [-0.2, -0.15) is 0 Å². The van der Waals surface area contributed by atoms with E-state index in [4.69, 9.17) is 9.47 Å². The highest BCUT2D eigenvalue weighted by Crippen LogP contribution is 2.40. The summed E-state index contributed by atoms with van der Waals surface area (Å²) >= 11 is 2.52. The lowest BCUT2D eigenvalue weighted by molar-refractivity contribution is 0.0620. The third kappa shape index (κ3) is 5.11. The van der Waals surface area contributed by atoms with E-state index in [2.05, 4.69) is 61.7 Å². The molecule has 5 rings (SSSR count). The van der Waals surface area contributed by atoms with Crippen molar-refractivity contribution in [3.63, 3.8) is 0 Å². The first-order chi connectivity index (χ1) is 18.4. The third-order valence-corrected chi connectivity index (χ3v) is 8.94. The van der Waals surface area contributed by atoms with E-state index < -0.39 is 0 Å². The predicted octanol–water partition coefficient (Wildman–Crippen LogP) is 5.91. The first-order valence-electron chi connectivity index (χ1n) is 12.9. The summed E-state index contributed by atoms with van der Waals surface area (Å²) in [5, 5.41) is 3.89. The number of nitrogens with zero attached hydrogens (tertiary/aromatic N) is 1. The Labute approximate surface area is 235 Å². The molecule has 3 heterocycles. The number of fused-ring (bicyclic) bond motifs is 1. The van der Waals surface area contributed by atoms with Crippen LogP contribution in [0.3, 0.4) is 0 Å². The number of amides is 1. The molecule has 0 radical (unpaired) electrons. The van der Waals surface area contributed by atoms with Gasteiger partial charge >= 0.3 is 0 Å². The minimum Gasteiger partial charge on any atom is -0.496 e. The standard InChI is InChI=1S/C30H32IN3O4/c1-18-15-26(37-3)24(29(35)33-18)17-32-30(36)27-19(2)34(28(31)21-11-13-38-14-12-21)25-16-22(9-10-23(25)27)20-7-5-4-6-8-20/h4-10,15-16,21,28H,11-14,17H2,1-3H3,(H,32,36)(H,33,35). The Morgan fingerprint density at radius 2 is 1.87 bits per heavy atom. The fourth-order valence-corrected chi connectivity index (χ4v) is 6.78. The molecule has 2 aromatic heterocycles. The van der Waals surface area contributed by atoms with Gasteiger partial charge in [0.05, 0.1) is 34.3 Å². The number of ether oxygens (including phenoxy) is 2. The Bertz CT molecular complexity index is 1520. The van der Waals surface area contributed by atoms with E-state index in [0.717, 1.165) is 53.8 Å². The van der Waals surface area contributed by atoms with Crippen LogP contribution in [0.5, 0.6) is 5.75 Å². The molecule has 1 amide bonds. The molecule has 1 saturated heterocycles. The Morgan fingerprint density at radius 3 is 2.58 bits per heavy atom. The van der Waals surface area contributed by atoms with Gasteiger partial charge in [0.25, 0.3) is 11.5 Å². The number of hydrogen-bond acceptors (Lipinski definition) is 4. The van der Waals surface area contributed by atoms with Gasteiger partial charge in [-0.15, -0.1) is 0 Å². The number of aromatic nitrogens is 2. The van der Waals surface area contributed by atoms with Crippen LogP contribution in [0.1, 0.15) is 44.2 Å². The molecule has 4 aromatic rings. The number of H-pyrrole nitrogens is 1. The van der Waals surface area contributed by atoms with Crippen LogP contribution < -0.4 is 15.6 Å². The number of aromatic amines is 1. The molecule has 2 aromatic carbocycles. The number of methoxy groups -OCH3 is 1. The lowest BCUT2D eigenvalue weighted by atomic mass is 10.00. The number of nitrogens with one attached hydrogen (secondary N) is 2. The third-order valence-electron chi connectivity index (χ3n) is 7.36. The van der Waals surface area contributed by atoms with E-state index >= 15 is 0 Å². The molecule has 38 heavy (non-hydrogen) atoms. The summed E-state index contributed by atoms with van der Waals surface area (Å²) in [4.78, 5) is 29.1. The second-order valence-corrected chi connectivity index (χ2v) is 11.0. The van der Waals surface area contributed by atoms with Crippen molar-refractivity contribution in [2.75, 3.05) is 20.3 Å². The average molecular weight is 626 g/mol. The van der Waals surface area contributed by atoms with Crippen molar-refractivity contribution in [2.45, 2.75) is 37.3 Å². The van der Waals surface area contributed by atoms with E-state index in [-0.39, 0.29) is 22.1 Å². The molecule has 2 N–H and O–H groups in total. The number of halogens is 1. The molecule has 1 aliphatic heterocycles. The van der Waals surface area contributed by atoms with E-state index in [1.165, 1.54) is 7.11 Å². The molecule has 1 fully saturated rings. The SMILES string of the molecule is COc1cc(C)[nH]c(=O)c1CNC(=O)c1c(C)n(C(I)C2CCOCC2)c2cc(-c3ccccc3)ccc12. The molecule has 8 heteroatoms. The van der Waals surface area contributed by atoms with Crippen LogP contribution in [0.25, 0.3) is 22.0 Å². The van der Waals surface area contributed by atoms with Crippen molar-refractivity contribution in [1.29, 1.82) is 0 Å². The molecule has 0 saturated carbocycles. The maximum absolute atomic E-state index is 13.7. The monoisotopic (exact) mass is 625 g/mol. The normalized spacial score (nSPS) is 14.9. The zero-order valence-electron chi connectivity index (χ0n) is 21.8. The maximum atomic E-state index is 13.7. The van der Waals surface area contributed by atoms with Gasteiger partial charge in [-0.1, -0.05) is 65.1 Å². The van der Waals surface area contributed by atoms with Crippen molar-refractivity contribution in [1.82, 2.24) is 14.9 Å². The van der Waals surface area contributed by atoms with Crippen LogP contribution in [-0.4, -0.2) is 35.8 Å². The van der Waals surface area contributed by atoms with Crippen molar-refractivity contribution >= 4 is 39.4 Å². The number of pyridine rings is 1. The summed E-state index contributed by atoms with van der Waals surface area (Å²) in [7, 11) is 1.53. The first-order valence-corrected chi connectivity index (χ1v) is 14.1. The smallest absolute Gasteiger partial charge is 0.256 e. The minimum atomic E-state index is -0.263. The zero-order chi connectivity index (χ0) is 26.8. The highest BCUT2D eigenvalue weighted by molar-refractivity contribution is 14.1. The van der Waals surface area contributed by atoms with Gasteiger partial charge in [-0.3, -0.25) is 9.59 Å². The van der Waals surface area contributed by atoms with E-state index in [9.17, 15) is 9.59 Å². The lowest BCUT2D eigenvalue weighted by Crippen LogP contribution is -2.28. The van der Waals surface area contributed by atoms with E-state index in [1.54, 1.807) is 13.0 Å². The lowest BCUT2D eigenvalue weighted by Gasteiger charge is -2.29. The van der Waals surface area contributed by atoms with Gasteiger partial charge in [-0.05, 0) is 55.9 Å². The summed E-state index contributed by atoms with van der Waals surface area (Å²) in [6.07, 6.45) is 1.98. The summed E-state index contributed by atoms with van der Waals surface area (Å²) in [5.41, 5.74) is 5.66. The molecule has 0 bridgehead atoms. The second kappa shape index (κ2) is 11.3. The van der Waals surface area contributed by atoms with Gasteiger partial charge < -0.3 is 24.3 Å². The van der Waals surface area contributed by atoms with Crippen LogP contribution in [0.4, 0.5) is 0 Å². The fourth-order valence-electron chi connectivity index (χ4n) is 5.35.